The average molecular weight is 246 g/mol. The molecule has 0 aliphatic heterocycles. The third-order valence-corrected chi connectivity index (χ3v) is 3.20. The van der Waals surface area contributed by atoms with E-state index in [1.165, 1.54) is 15.8 Å². The number of aromatic nitrogens is 1. The lowest BCUT2D eigenvalue weighted by atomic mass is 10.0. The van der Waals surface area contributed by atoms with Crippen LogP contribution in [0.25, 0.3) is 10.9 Å². The van der Waals surface area contributed by atoms with Gasteiger partial charge in [0.05, 0.1) is 0 Å². The highest BCUT2D eigenvalue weighted by Crippen LogP contribution is 2.19. The number of benzene rings is 1. The second-order valence-corrected chi connectivity index (χ2v) is 4.52. The van der Waals surface area contributed by atoms with Gasteiger partial charge in [0.25, 0.3) is 0 Å². The maximum absolute atomic E-state index is 10.6. The van der Waals surface area contributed by atoms with Crippen LogP contribution in [-0.4, -0.2) is 34.7 Å². The summed E-state index contributed by atoms with van der Waals surface area (Å²) in [6, 6.07) is 8.35. The van der Waals surface area contributed by atoms with E-state index in [-0.39, 0.29) is 0 Å². The van der Waals surface area contributed by atoms with Gasteiger partial charge in [-0.15, -0.1) is 0 Å². The van der Waals surface area contributed by atoms with E-state index in [0.29, 0.717) is 6.54 Å². The molecule has 18 heavy (non-hydrogen) atoms. The van der Waals surface area contributed by atoms with E-state index in [0.717, 1.165) is 24.8 Å². The molecule has 0 atom stereocenters. The third-order valence-electron chi connectivity index (χ3n) is 3.20. The van der Waals surface area contributed by atoms with Gasteiger partial charge in [0.2, 0.25) is 0 Å². The molecule has 2 N–H and O–H groups in total. The molecular formula is C14H18N2O2. The van der Waals surface area contributed by atoms with E-state index in [4.69, 9.17) is 5.11 Å². The Morgan fingerprint density at radius 2 is 2.17 bits per heavy atom. The van der Waals surface area contributed by atoms with Crippen LogP contribution in [0.5, 0.6) is 0 Å². The number of hydrogen-bond donors (Lipinski definition) is 2. The molecule has 0 spiro atoms. The molecule has 2 rings (SSSR count). The molecule has 0 aliphatic carbocycles. The van der Waals surface area contributed by atoms with Crippen molar-refractivity contribution in [1.29, 1.82) is 0 Å². The number of amides is 1. The maximum Gasteiger partial charge on any atom is 0.407 e. The summed E-state index contributed by atoms with van der Waals surface area (Å²) in [6.07, 6.45) is 3.98. The number of aryl methyl sites for hydroxylation is 1. The first-order valence-electron chi connectivity index (χ1n) is 6.17. The summed E-state index contributed by atoms with van der Waals surface area (Å²) in [7, 11) is 1.61. The van der Waals surface area contributed by atoms with Crippen molar-refractivity contribution in [2.24, 2.45) is 0 Å². The molecule has 4 heteroatoms. The van der Waals surface area contributed by atoms with Gasteiger partial charge in [0.15, 0.2) is 0 Å². The van der Waals surface area contributed by atoms with Crippen LogP contribution in [0.4, 0.5) is 4.79 Å². The first kappa shape index (κ1) is 12.5. The lowest BCUT2D eigenvalue weighted by Crippen LogP contribution is -2.25. The molecule has 1 aromatic carbocycles. The molecule has 2 aromatic rings. The highest BCUT2D eigenvalue weighted by molar-refractivity contribution is 5.82. The molecule has 4 nitrogen and oxygen atoms in total. The SMILES string of the molecule is CN(CCCCc1cccc2[nH]ccc12)C(=O)O. The van der Waals surface area contributed by atoms with Gasteiger partial charge in [-0.3, -0.25) is 0 Å². The van der Waals surface area contributed by atoms with Crippen molar-refractivity contribution in [3.63, 3.8) is 0 Å². The minimum absolute atomic E-state index is 0.596. The van der Waals surface area contributed by atoms with Gasteiger partial charge in [-0.05, 0) is 37.0 Å². The second-order valence-electron chi connectivity index (χ2n) is 4.52. The predicted octanol–water partition coefficient (Wildman–Crippen LogP) is 3.10. The van der Waals surface area contributed by atoms with Crippen LogP contribution < -0.4 is 0 Å². The van der Waals surface area contributed by atoms with Crippen LogP contribution >= 0.6 is 0 Å². The summed E-state index contributed by atoms with van der Waals surface area (Å²) < 4.78 is 0. The fourth-order valence-electron chi connectivity index (χ4n) is 2.13. The van der Waals surface area contributed by atoms with Crippen LogP contribution in [0.3, 0.4) is 0 Å². The number of rotatable bonds is 5. The third kappa shape index (κ3) is 2.83. The molecule has 0 fully saturated rings. The van der Waals surface area contributed by atoms with Crippen molar-refractivity contribution in [3.8, 4) is 0 Å². The molecule has 0 aliphatic rings. The molecule has 1 amide bonds. The van der Waals surface area contributed by atoms with E-state index in [1.807, 2.05) is 6.20 Å². The largest absolute Gasteiger partial charge is 0.465 e. The highest BCUT2D eigenvalue weighted by Gasteiger charge is 2.05. The standard InChI is InChI=1S/C14H18N2O2/c1-16(14(17)18)10-3-2-5-11-6-4-7-13-12(11)8-9-15-13/h4,6-9,15H,2-3,5,10H2,1H3,(H,17,18). The van der Waals surface area contributed by atoms with Crippen LogP contribution in [0.2, 0.25) is 0 Å². The first-order valence-corrected chi connectivity index (χ1v) is 6.17. The maximum atomic E-state index is 10.6. The molecule has 0 saturated heterocycles. The van der Waals surface area contributed by atoms with Gasteiger partial charge < -0.3 is 15.0 Å². The number of carboxylic acid groups (broad SMARTS) is 1. The molecule has 96 valence electrons. The van der Waals surface area contributed by atoms with Crippen molar-refractivity contribution < 1.29 is 9.90 Å². The molecule has 1 aromatic heterocycles. The summed E-state index contributed by atoms with van der Waals surface area (Å²) in [6.45, 7) is 0.596. The van der Waals surface area contributed by atoms with Crippen LogP contribution in [0, 0.1) is 0 Å². The number of carbonyl (C=O) groups is 1. The minimum Gasteiger partial charge on any atom is -0.465 e. The minimum atomic E-state index is -0.859. The van der Waals surface area contributed by atoms with Crippen LogP contribution in [0.15, 0.2) is 30.5 Å². The zero-order valence-corrected chi connectivity index (χ0v) is 10.5. The van der Waals surface area contributed by atoms with E-state index in [1.54, 1.807) is 7.05 Å². The number of nitrogens with one attached hydrogen (secondary N) is 1. The Bertz CT molecular complexity index is 533. The average Bonchev–Trinajstić information content (AvgIpc) is 2.83. The monoisotopic (exact) mass is 246 g/mol. The Morgan fingerprint density at radius 1 is 1.33 bits per heavy atom. The summed E-state index contributed by atoms with van der Waals surface area (Å²) in [5, 5.41) is 10.0. The van der Waals surface area contributed by atoms with E-state index in [2.05, 4.69) is 29.2 Å². The number of unbranched alkanes of at least 4 members (excludes halogenated alkanes) is 1. The Morgan fingerprint density at radius 3 is 2.94 bits per heavy atom. The fraction of sp³-hybridized carbons (Fsp3) is 0.357. The van der Waals surface area contributed by atoms with Crippen LogP contribution in [0.1, 0.15) is 18.4 Å². The molecule has 0 saturated carbocycles. The summed E-state index contributed by atoms with van der Waals surface area (Å²) in [5.74, 6) is 0. The first-order chi connectivity index (χ1) is 8.68. The lowest BCUT2D eigenvalue weighted by molar-refractivity contribution is 0.155. The summed E-state index contributed by atoms with van der Waals surface area (Å²) in [4.78, 5) is 15.2. The summed E-state index contributed by atoms with van der Waals surface area (Å²) in [5.41, 5.74) is 2.49. The van der Waals surface area contributed by atoms with Gasteiger partial charge in [-0.1, -0.05) is 12.1 Å². The quantitative estimate of drug-likeness (QED) is 0.796. The van der Waals surface area contributed by atoms with Crippen molar-refractivity contribution >= 4 is 17.0 Å². The van der Waals surface area contributed by atoms with Gasteiger partial charge in [-0.25, -0.2) is 4.79 Å². The van der Waals surface area contributed by atoms with Crippen molar-refractivity contribution in [1.82, 2.24) is 9.88 Å². The molecule has 1 heterocycles. The smallest absolute Gasteiger partial charge is 0.407 e. The summed E-state index contributed by atoms with van der Waals surface area (Å²) >= 11 is 0. The van der Waals surface area contributed by atoms with Crippen LogP contribution in [-0.2, 0) is 6.42 Å². The zero-order valence-electron chi connectivity index (χ0n) is 10.5. The normalized spacial score (nSPS) is 10.7. The molecule has 0 bridgehead atoms. The number of nitrogens with zero attached hydrogens (tertiary/aromatic N) is 1. The number of fused-ring (bicyclic) bond motifs is 1. The van der Waals surface area contributed by atoms with Gasteiger partial charge in [0, 0.05) is 30.7 Å². The number of aromatic amines is 1. The number of hydrogen-bond acceptors (Lipinski definition) is 1. The topological polar surface area (TPSA) is 56.3 Å². The van der Waals surface area contributed by atoms with Crippen molar-refractivity contribution in [2.75, 3.05) is 13.6 Å². The molecular weight excluding hydrogens is 228 g/mol. The van der Waals surface area contributed by atoms with E-state index >= 15 is 0 Å². The van der Waals surface area contributed by atoms with E-state index < -0.39 is 6.09 Å². The predicted molar refractivity (Wildman–Crippen MR) is 71.9 cm³/mol. The van der Waals surface area contributed by atoms with Gasteiger partial charge >= 0.3 is 6.09 Å². The fourth-order valence-corrected chi connectivity index (χ4v) is 2.13. The Balaban J connectivity index is 1.87. The van der Waals surface area contributed by atoms with Gasteiger partial charge in [-0.2, -0.15) is 0 Å². The Hall–Kier alpha value is -1.97. The Kier molecular flexibility index (Phi) is 3.87. The van der Waals surface area contributed by atoms with Gasteiger partial charge in [0.1, 0.15) is 0 Å². The zero-order chi connectivity index (χ0) is 13.0. The van der Waals surface area contributed by atoms with E-state index in [9.17, 15) is 4.79 Å². The second kappa shape index (κ2) is 5.58. The molecule has 0 unspecified atom stereocenters. The van der Waals surface area contributed by atoms with Crippen molar-refractivity contribution in [3.05, 3.63) is 36.0 Å². The number of H-pyrrole nitrogens is 1. The lowest BCUT2D eigenvalue weighted by Gasteiger charge is -2.12. The highest BCUT2D eigenvalue weighted by atomic mass is 16.4. The van der Waals surface area contributed by atoms with Crippen molar-refractivity contribution in [2.45, 2.75) is 19.3 Å². The Labute approximate surface area is 106 Å². The molecule has 0 radical (unpaired) electrons.